The summed E-state index contributed by atoms with van der Waals surface area (Å²) < 4.78 is 14.2. The SMILES string of the molecule is CCCCNC(=O)C(C)N(Cc1ccccc1F)C(=O)CSCc1cccc(Cl)c1. The average Bonchev–Trinajstić information content (AvgIpc) is 2.72. The maximum atomic E-state index is 14.2. The first-order chi connectivity index (χ1) is 14.4. The summed E-state index contributed by atoms with van der Waals surface area (Å²) in [5, 5.41) is 3.51. The first kappa shape index (κ1) is 24.2. The molecule has 2 aromatic carbocycles. The van der Waals surface area contributed by atoms with Gasteiger partial charge in [-0.25, -0.2) is 4.39 Å². The maximum absolute atomic E-state index is 14.2. The van der Waals surface area contributed by atoms with Crippen LogP contribution < -0.4 is 5.32 Å². The summed E-state index contributed by atoms with van der Waals surface area (Å²) in [6, 6.07) is 13.1. The Morgan fingerprint density at radius 3 is 2.67 bits per heavy atom. The third kappa shape index (κ3) is 7.65. The molecule has 2 aromatic rings. The van der Waals surface area contributed by atoms with E-state index in [2.05, 4.69) is 5.32 Å². The summed E-state index contributed by atoms with van der Waals surface area (Å²) in [5.41, 5.74) is 1.41. The molecule has 0 aromatic heterocycles. The molecule has 0 aliphatic heterocycles. The van der Waals surface area contributed by atoms with E-state index in [1.54, 1.807) is 31.2 Å². The Kier molecular flexibility index (Phi) is 10.2. The highest BCUT2D eigenvalue weighted by molar-refractivity contribution is 7.99. The number of benzene rings is 2. The van der Waals surface area contributed by atoms with Crippen LogP contribution in [-0.2, 0) is 21.9 Å². The fraction of sp³-hybridized carbons (Fsp3) is 0.391. The van der Waals surface area contributed by atoms with Gasteiger partial charge in [-0.05, 0) is 37.1 Å². The highest BCUT2D eigenvalue weighted by atomic mass is 35.5. The van der Waals surface area contributed by atoms with Crippen molar-refractivity contribution in [3.05, 3.63) is 70.5 Å². The highest BCUT2D eigenvalue weighted by Crippen LogP contribution is 2.19. The number of unbranched alkanes of at least 4 members (excludes halogenated alkanes) is 1. The van der Waals surface area contributed by atoms with Crippen LogP contribution in [-0.4, -0.2) is 35.1 Å². The van der Waals surface area contributed by atoms with Crippen LogP contribution in [0.4, 0.5) is 4.39 Å². The van der Waals surface area contributed by atoms with Crippen LogP contribution >= 0.6 is 23.4 Å². The molecule has 0 aliphatic rings. The second-order valence-electron chi connectivity index (χ2n) is 7.06. The minimum atomic E-state index is -0.694. The van der Waals surface area contributed by atoms with Crippen molar-refractivity contribution in [1.29, 1.82) is 0 Å². The van der Waals surface area contributed by atoms with Gasteiger partial charge in [0.25, 0.3) is 0 Å². The Hall–Kier alpha value is -2.05. The predicted octanol–water partition coefficient (Wildman–Crippen LogP) is 5.05. The zero-order valence-electron chi connectivity index (χ0n) is 17.4. The van der Waals surface area contributed by atoms with Crippen molar-refractivity contribution in [3.63, 3.8) is 0 Å². The number of carbonyl (C=O) groups excluding carboxylic acids is 2. The van der Waals surface area contributed by atoms with Crippen LogP contribution in [0.15, 0.2) is 48.5 Å². The van der Waals surface area contributed by atoms with E-state index in [9.17, 15) is 14.0 Å². The number of carbonyl (C=O) groups is 2. The number of hydrogen-bond donors (Lipinski definition) is 1. The highest BCUT2D eigenvalue weighted by Gasteiger charge is 2.26. The van der Waals surface area contributed by atoms with E-state index in [0.29, 0.717) is 22.9 Å². The monoisotopic (exact) mass is 450 g/mol. The molecule has 1 atom stereocenters. The molecule has 0 spiro atoms. The quantitative estimate of drug-likeness (QED) is 0.487. The number of thioether (sulfide) groups is 1. The molecule has 2 rings (SSSR count). The van der Waals surface area contributed by atoms with Crippen molar-refractivity contribution >= 4 is 35.2 Å². The van der Waals surface area contributed by atoms with Gasteiger partial charge in [0.05, 0.1) is 5.75 Å². The van der Waals surface area contributed by atoms with Crippen molar-refractivity contribution < 1.29 is 14.0 Å². The standard InChI is InChI=1S/C23H28ClFN2O2S/c1-3-4-12-26-23(29)17(2)27(14-19-9-5-6-11-21(19)25)22(28)16-30-15-18-8-7-10-20(24)13-18/h5-11,13,17H,3-4,12,14-16H2,1-2H3,(H,26,29). The molecule has 1 unspecified atom stereocenters. The molecule has 162 valence electrons. The van der Waals surface area contributed by atoms with Gasteiger partial charge in [-0.3, -0.25) is 9.59 Å². The van der Waals surface area contributed by atoms with Gasteiger partial charge in [0.1, 0.15) is 11.9 Å². The van der Waals surface area contributed by atoms with Crippen molar-refractivity contribution in [2.45, 2.75) is 45.0 Å². The molecule has 4 nitrogen and oxygen atoms in total. The van der Waals surface area contributed by atoms with E-state index in [-0.39, 0.29) is 29.9 Å². The summed E-state index contributed by atoms with van der Waals surface area (Å²) in [6.45, 7) is 4.33. The Morgan fingerprint density at radius 2 is 1.97 bits per heavy atom. The molecule has 0 heterocycles. The largest absolute Gasteiger partial charge is 0.354 e. The van der Waals surface area contributed by atoms with Crippen LogP contribution in [0.25, 0.3) is 0 Å². The molecule has 0 aliphatic carbocycles. The summed E-state index contributed by atoms with van der Waals surface area (Å²) >= 11 is 7.45. The zero-order valence-corrected chi connectivity index (χ0v) is 18.9. The lowest BCUT2D eigenvalue weighted by atomic mass is 10.1. The van der Waals surface area contributed by atoms with Crippen LogP contribution in [0.2, 0.25) is 5.02 Å². The minimum Gasteiger partial charge on any atom is -0.354 e. The third-order valence-corrected chi connectivity index (χ3v) is 5.90. The lowest BCUT2D eigenvalue weighted by molar-refractivity contribution is -0.138. The normalized spacial score (nSPS) is 11.7. The fourth-order valence-electron chi connectivity index (χ4n) is 2.89. The van der Waals surface area contributed by atoms with Gasteiger partial charge < -0.3 is 10.2 Å². The van der Waals surface area contributed by atoms with Gasteiger partial charge in [-0.2, -0.15) is 0 Å². The lowest BCUT2D eigenvalue weighted by Gasteiger charge is -2.29. The first-order valence-corrected chi connectivity index (χ1v) is 11.6. The number of rotatable bonds is 11. The van der Waals surface area contributed by atoms with Gasteiger partial charge in [0.2, 0.25) is 11.8 Å². The van der Waals surface area contributed by atoms with E-state index in [0.717, 1.165) is 18.4 Å². The molecule has 2 amide bonds. The van der Waals surface area contributed by atoms with Gasteiger partial charge >= 0.3 is 0 Å². The number of halogens is 2. The van der Waals surface area contributed by atoms with E-state index < -0.39 is 6.04 Å². The Labute approximate surface area is 187 Å². The second-order valence-corrected chi connectivity index (χ2v) is 8.48. The molecule has 0 saturated heterocycles. The minimum absolute atomic E-state index is 0.0472. The molecule has 0 bridgehead atoms. The van der Waals surface area contributed by atoms with E-state index in [4.69, 9.17) is 11.6 Å². The topological polar surface area (TPSA) is 49.4 Å². The molecule has 0 fully saturated rings. The molecule has 30 heavy (non-hydrogen) atoms. The molecular formula is C23H28ClFN2O2S. The molecule has 1 N–H and O–H groups in total. The van der Waals surface area contributed by atoms with Crippen LogP contribution in [0.5, 0.6) is 0 Å². The summed E-state index contributed by atoms with van der Waals surface area (Å²) in [4.78, 5) is 27.0. The van der Waals surface area contributed by atoms with Crippen molar-refractivity contribution in [3.8, 4) is 0 Å². The average molecular weight is 451 g/mol. The molecular weight excluding hydrogens is 423 g/mol. The fourth-order valence-corrected chi connectivity index (χ4v) is 3.97. The van der Waals surface area contributed by atoms with Crippen LogP contribution in [0.3, 0.4) is 0 Å². The van der Waals surface area contributed by atoms with Gasteiger partial charge in [-0.15, -0.1) is 11.8 Å². The molecule has 0 radical (unpaired) electrons. The lowest BCUT2D eigenvalue weighted by Crippen LogP contribution is -2.48. The molecule has 7 heteroatoms. The van der Waals surface area contributed by atoms with Crippen LogP contribution in [0, 0.1) is 5.82 Å². The Morgan fingerprint density at radius 1 is 1.20 bits per heavy atom. The molecule has 0 saturated carbocycles. The summed E-state index contributed by atoms with van der Waals surface area (Å²) in [6.07, 6.45) is 1.84. The van der Waals surface area contributed by atoms with Crippen molar-refractivity contribution in [1.82, 2.24) is 10.2 Å². The van der Waals surface area contributed by atoms with Gasteiger partial charge in [0.15, 0.2) is 0 Å². The van der Waals surface area contributed by atoms with E-state index >= 15 is 0 Å². The van der Waals surface area contributed by atoms with Gasteiger partial charge in [0, 0.05) is 29.4 Å². The maximum Gasteiger partial charge on any atom is 0.242 e. The Bertz CT molecular complexity index is 849. The third-order valence-electron chi connectivity index (χ3n) is 4.68. The van der Waals surface area contributed by atoms with Gasteiger partial charge in [-0.1, -0.05) is 55.3 Å². The number of nitrogens with one attached hydrogen (secondary N) is 1. The van der Waals surface area contributed by atoms with Crippen molar-refractivity contribution in [2.24, 2.45) is 0 Å². The zero-order chi connectivity index (χ0) is 21.9. The number of hydrogen-bond acceptors (Lipinski definition) is 3. The number of nitrogens with zero attached hydrogens (tertiary/aromatic N) is 1. The number of amides is 2. The second kappa shape index (κ2) is 12.6. The first-order valence-electron chi connectivity index (χ1n) is 10.0. The van der Waals surface area contributed by atoms with Crippen LogP contribution in [0.1, 0.15) is 37.8 Å². The summed E-state index contributed by atoms with van der Waals surface area (Å²) in [5.74, 6) is -0.0124. The predicted molar refractivity (Wildman–Crippen MR) is 122 cm³/mol. The Balaban J connectivity index is 2.05. The van der Waals surface area contributed by atoms with E-state index in [1.165, 1.54) is 22.7 Å². The summed E-state index contributed by atoms with van der Waals surface area (Å²) in [7, 11) is 0. The van der Waals surface area contributed by atoms with E-state index in [1.807, 2.05) is 25.1 Å². The smallest absolute Gasteiger partial charge is 0.242 e. The van der Waals surface area contributed by atoms with Crippen molar-refractivity contribution in [2.75, 3.05) is 12.3 Å².